The Morgan fingerprint density at radius 1 is 1.20 bits per heavy atom. The molecule has 0 saturated heterocycles. The lowest BCUT2D eigenvalue weighted by atomic mass is 10.1. The summed E-state index contributed by atoms with van der Waals surface area (Å²) in [5.74, 6) is 0. The van der Waals surface area contributed by atoms with Crippen molar-refractivity contribution in [3.05, 3.63) is 35.9 Å². The minimum absolute atomic E-state index is 0.641. The predicted octanol–water partition coefficient (Wildman–Crippen LogP) is 3.03. The van der Waals surface area contributed by atoms with Crippen molar-refractivity contribution in [2.75, 3.05) is 0 Å². The lowest BCUT2D eigenvalue weighted by Crippen LogP contribution is -2.26. The summed E-state index contributed by atoms with van der Waals surface area (Å²) >= 11 is 0. The second kappa shape index (κ2) is 5.08. The van der Waals surface area contributed by atoms with Crippen molar-refractivity contribution in [1.29, 1.82) is 5.26 Å². The molecule has 0 radical (unpaired) electrons. The number of rotatable bonds is 4. The van der Waals surface area contributed by atoms with Gasteiger partial charge in [0.25, 0.3) is 0 Å². The monoisotopic (exact) mass is 221 g/mol. The molecule has 0 aliphatic carbocycles. The lowest BCUT2D eigenvalue weighted by molar-refractivity contribution is -0.242. The maximum Gasteiger partial charge on any atom is 0.230 e. The minimum atomic E-state index is -1.74. The van der Waals surface area contributed by atoms with Gasteiger partial charge < -0.3 is 0 Å². The van der Waals surface area contributed by atoms with Crippen LogP contribution in [-0.2, 0) is 9.46 Å². The number of nitriles is 1. The summed E-state index contributed by atoms with van der Waals surface area (Å²) in [7, 11) is -1.74. The molecule has 0 amide bonds. The van der Waals surface area contributed by atoms with Crippen LogP contribution in [0.2, 0.25) is 19.6 Å². The van der Waals surface area contributed by atoms with Gasteiger partial charge in [0.1, 0.15) is 6.07 Å². The Labute approximate surface area is 91.3 Å². The van der Waals surface area contributed by atoms with Gasteiger partial charge in [-0.25, -0.2) is 4.89 Å². The fraction of sp³-hybridized carbons (Fsp3) is 0.364. The normalized spacial score (nSPS) is 13.2. The van der Waals surface area contributed by atoms with Gasteiger partial charge in [-0.1, -0.05) is 30.3 Å². The molecule has 15 heavy (non-hydrogen) atoms. The zero-order valence-corrected chi connectivity index (χ0v) is 10.2. The van der Waals surface area contributed by atoms with Gasteiger partial charge in [0.2, 0.25) is 14.4 Å². The largest absolute Gasteiger partial charge is 0.285 e. The van der Waals surface area contributed by atoms with E-state index >= 15 is 0 Å². The Morgan fingerprint density at radius 2 is 1.80 bits per heavy atom. The molecule has 3 nitrogen and oxygen atoms in total. The maximum atomic E-state index is 8.94. The van der Waals surface area contributed by atoms with E-state index in [0.29, 0.717) is 0 Å². The third-order valence-corrected chi connectivity index (χ3v) is 2.21. The van der Waals surface area contributed by atoms with Crippen LogP contribution in [-0.4, -0.2) is 8.32 Å². The molecule has 1 aromatic carbocycles. The average molecular weight is 221 g/mol. The summed E-state index contributed by atoms with van der Waals surface area (Å²) in [4.78, 5) is 5.14. The van der Waals surface area contributed by atoms with E-state index in [1.165, 1.54) is 0 Å². The molecule has 1 aromatic rings. The maximum absolute atomic E-state index is 8.94. The van der Waals surface area contributed by atoms with Gasteiger partial charge in [0.15, 0.2) is 0 Å². The zero-order chi connectivity index (χ0) is 11.3. The summed E-state index contributed by atoms with van der Waals surface area (Å²) in [6.07, 6.45) is -0.641. The fourth-order valence-electron chi connectivity index (χ4n) is 0.972. The van der Waals surface area contributed by atoms with Crippen molar-refractivity contribution >= 4 is 8.32 Å². The summed E-state index contributed by atoms with van der Waals surface area (Å²) in [6.45, 7) is 6.02. The highest BCUT2D eigenvalue weighted by atomic mass is 28.4. The van der Waals surface area contributed by atoms with E-state index in [4.69, 9.17) is 14.7 Å². The molecule has 0 aliphatic rings. The predicted molar refractivity (Wildman–Crippen MR) is 60.3 cm³/mol. The summed E-state index contributed by atoms with van der Waals surface area (Å²) in [6, 6.07) is 11.4. The van der Waals surface area contributed by atoms with Crippen molar-refractivity contribution in [2.24, 2.45) is 0 Å². The van der Waals surface area contributed by atoms with E-state index < -0.39 is 14.4 Å². The third kappa shape index (κ3) is 4.26. The van der Waals surface area contributed by atoms with E-state index in [1.807, 2.05) is 50.0 Å². The average Bonchev–Trinajstić information content (AvgIpc) is 2.19. The molecule has 0 saturated carbocycles. The SMILES string of the molecule is C[Si](C)(C)OOC(C#N)c1ccccc1. The number of hydrogen-bond donors (Lipinski definition) is 0. The quantitative estimate of drug-likeness (QED) is 0.446. The van der Waals surface area contributed by atoms with Gasteiger partial charge in [-0.2, -0.15) is 5.26 Å². The topological polar surface area (TPSA) is 42.2 Å². The third-order valence-electron chi connectivity index (χ3n) is 1.61. The van der Waals surface area contributed by atoms with Crippen molar-refractivity contribution in [1.82, 2.24) is 0 Å². The van der Waals surface area contributed by atoms with Gasteiger partial charge in [-0.15, -0.1) is 0 Å². The lowest BCUT2D eigenvalue weighted by Gasteiger charge is -2.18. The van der Waals surface area contributed by atoms with Gasteiger partial charge >= 0.3 is 0 Å². The van der Waals surface area contributed by atoms with Gasteiger partial charge in [0, 0.05) is 0 Å². The van der Waals surface area contributed by atoms with E-state index in [0.717, 1.165) is 5.56 Å². The van der Waals surface area contributed by atoms with Crippen LogP contribution >= 0.6 is 0 Å². The Hall–Kier alpha value is -1.15. The summed E-state index contributed by atoms with van der Waals surface area (Å²) in [5.41, 5.74) is 0.818. The van der Waals surface area contributed by atoms with Crippen LogP contribution in [0.1, 0.15) is 11.7 Å². The molecule has 4 heteroatoms. The summed E-state index contributed by atoms with van der Waals surface area (Å²) in [5, 5.41) is 8.94. The molecule has 0 bridgehead atoms. The van der Waals surface area contributed by atoms with Crippen LogP contribution in [0.3, 0.4) is 0 Å². The first-order chi connectivity index (χ1) is 7.03. The Morgan fingerprint density at radius 3 is 2.27 bits per heavy atom. The molecule has 0 heterocycles. The first kappa shape index (κ1) is 11.9. The molecule has 0 spiro atoms. The van der Waals surface area contributed by atoms with Gasteiger partial charge in [-0.05, 0) is 25.2 Å². The van der Waals surface area contributed by atoms with Gasteiger partial charge in [-0.3, -0.25) is 4.58 Å². The number of benzene rings is 1. The molecule has 1 rings (SSSR count). The van der Waals surface area contributed by atoms with Crippen LogP contribution in [0, 0.1) is 11.3 Å². The van der Waals surface area contributed by atoms with Crippen LogP contribution in [0.15, 0.2) is 30.3 Å². The summed E-state index contributed by atoms with van der Waals surface area (Å²) < 4.78 is 5.25. The fourth-order valence-corrected chi connectivity index (χ4v) is 1.36. The first-order valence-corrected chi connectivity index (χ1v) is 8.23. The molecule has 0 N–H and O–H groups in total. The van der Waals surface area contributed by atoms with Crippen LogP contribution in [0.25, 0.3) is 0 Å². The van der Waals surface area contributed by atoms with Crippen LogP contribution in [0.5, 0.6) is 0 Å². The Bertz CT molecular complexity index is 340. The van der Waals surface area contributed by atoms with Crippen molar-refractivity contribution in [2.45, 2.75) is 25.7 Å². The van der Waals surface area contributed by atoms with E-state index in [-0.39, 0.29) is 0 Å². The van der Waals surface area contributed by atoms with Crippen molar-refractivity contribution in [3.8, 4) is 6.07 Å². The highest BCUT2D eigenvalue weighted by Gasteiger charge is 2.20. The van der Waals surface area contributed by atoms with Crippen LogP contribution < -0.4 is 0 Å². The van der Waals surface area contributed by atoms with Crippen LogP contribution in [0.4, 0.5) is 0 Å². The van der Waals surface area contributed by atoms with E-state index in [1.54, 1.807) is 0 Å². The Balaban J connectivity index is 2.63. The molecule has 1 unspecified atom stereocenters. The second-order valence-corrected chi connectivity index (χ2v) is 8.60. The second-order valence-electron chi connectivity index (χ2n) is 4.21. The zero-order valence-electron chi connectivity index (χ0n) is 9.23. The molecule has 0 fully saturated rings. The minimum Gasteiger partial charge on any atom is -0.285 e. The molecule has 0 aliphatic heterocycles. The highest BCUT2D eigenvalue weighted by molar-refractivity contribution is 6.69. The number of hydrogen-bond acceptors (Lipinski definition) is 3. The molecule has 0 aromatic heterocycles. The van der Waals surface area contributed by atoms with Crippen molar-refractivity contribution in [3.63, 3.8) is 0 Å². The smallest absolute Gasteiger partial charge is 0.230 e. The standard InChI is InChI=1S/C11H15NO2Si/c1-15(2,3)14-13-11(9-12)10-7-5-4-6-8-10/h4-8,11H,1-3H3. The number of nitrogens with zero attached hydrogens (tertiary/aromatic N) is 1. The van der Waals surface area contributed by atoms with Crippen molar-refractivity contribution < 1.29 is 9.46 Å². The first-order valence-electron chi connectivity index (χ1n) is 4.82. The molecular weight excluding hydrogens is 206 g/mol. The molecular formula is C11H15NO2Si. The van der Waals surface area contributed by atoms with Gasteiger partial charge in [0.05, 0.1) is 0 Å². The Kier molecular flexibility index (Phi) is 4.03. The molecule has 1 atom stereocenters. The van der Waals surface area contributed by atoms with E-state index in [2.05, 4.69) is 6.07 Å². The van der Waals surface area contributed by atoms with E-state index in [9.17, 15) is 0 Å². The highest BCUT2D eigenvalue weighted by Crippen LogP contribution is 2.18. The molecule has 80 valence electrons.